The van der Waals surface area contributed by atoms with E-state index in [1.165, 1.54) is 103 Å². The van der Waals surface area contributed by atoms with Gasteiger partial charge in [-0.15, -0.1) is 0 Å². The molecule has 0 heterocycles. The van der Waals surface area contributed by atoms with Crippen LogP contribution in [0.3, 0.4) is 0 Å². The van der Waals surface area contributed by atoms with Gasteiger partial charge in [-0.2, -0.15) is 0 Å². The van der Waals surface area contributed by atoms with E-state index in [1.807, 2.05) is 21.1 Å². The van der Waals surface area contributed by atoms with Crippen molar-refractivity contribution >= 4 is 17.9 Å². The Balaban J connectivity index is 4.17. The SMILES string of the molecule is CC/C=C\C/C=C\C/C=C\C/C=C\C/C=C\C/C=C\C/C=C\C/C=C\CCCCCCCCCCCCC(=O)OC(COC(=O)CCCCCCCCCCCCCC/C=C\C/C=C\C/C=C\C/C=C\C/C=C\C/C=C\CC)COC(OCC[N+](C)(C)C)C(=O)[O-]. The zero-order valence-corrected chi connectivity index (χ0v) is 58.6. The van der Waals surface area contributed by atoms with Crippen LogP contribution < -0.4 is 5.11 Å². The largest absolute Gasteiger partial charge is 0.545 e. The number of carboxylic acids is 1. The first kappa shape index (κ1) is 85.7. The molecule has 2 atom stereocenters. The normalized spacial score (nSPS) is 13.7. The number of quaternary nitrogens is 1. The highest BCUT2D eigenvalue weighted by Crippen LogP contribution is 2.16. The third kappa shape index (κ3) is 71.9. The van der Waals surface area contributed by atoms with Gasteiger partial charge in [0, 0.05) is 12.8 Å². The second-order valence-electron chi connectivity index (χ2n) is 24.8. The lowest BCUT2D eigenvalue weighted by molar-refractivity contribution is -0.870. The van der Waals surface area contributed by atoms with Crippen molar-refractivity contribution in [2.45, 2.75) is 283 Å². The number of carbonyl (C=O) groups is 3. The molecule has 0 aromatic carbocycles. The molecule has 0 aromatic heterocycles. The van der Waals surface area contributed by atoms with Gasteiger partial charge in [0.2, 0.25) is 0 Å². The smallest absolute Gasteiger partial charge is 0.306 e. The third-order valence-electron chi connectivity index (χ3n) is 15.0. The number of esters is 2. The molecular weight excluding hydrogens is 1130 g/mol. The minimum absolute atomic E-state index is 0.138. The van der Waals surface area contributed by atoms with E-state index in [-0.39, 0.29) is 38.6 Å². The summed E-state index contributed by atoms with van der Waals surface area (Å²) >= 11 is 0. The highest BCUT2D eigenvalue weighted by molar-refractivity contribution is 5.70. The Morgan fingerprint density at radius 3 is 0.879 bits per heavy atom. The van der Waals surface area contributed by atoms with Crippen LogP contribution in [0.2, 0.25) is 0 Å². The van der Waals surface area contributed by atoms with Gasteiger partial charge in [0.1, 0.15) is 13.2 Å². The van der Waals surface area contributed by atoms with Crippen LogP contribution in [0.4, 0.5) is 0 Å². The topological polar surface area (TPSA) is 111 Å². The van der Waals surface area contributed by atoms with Gasteiger partial charge in [-0.1, -0.05) is 300 Å². The van der Waals surface area contributed by atoms with Gasteiger partial charge in [0.15, 0.2) is 12.4 Å². The average Bonchev–Trinajstić information content (AvgIpc) is 3.46. The molecule has 0 saturated heterocycles. The molecule has 2 unspecified atom stereocenters. The van der Waals surface area contributed by atoms with Crippen LogP contribution in [0.5, 0.6) is 0 Å². The second-order valence-corrected chi connectivity index (χ2v) is 24.8. The van der Waals surface area contributed by atoms with E-state index in [0.717, 1.165) is 135 Å². The maximum absolute atomic E-state index is 13.0. The molecule has 0 fully saturated rings. The Morgan fingerprint density at radius 1 is 0.330 bits per heavy atom. The molecule has 0 aliphatic rings. The molecule has 514 valence electrons. The van der Waals surface area contributed by atoms with E-state index in [2.05, 4.69) is 184 Å². The second kappa shape index (κ2) is 70.5. The number of allylic oxidation sites excluding steroid dienone is 28. The lowest BCUT2D eigenvalue weighted by atomic mass is 10.0. The van der Waals surface area contributed by atoms with Crippen molar-refractivity contribution < 1.29 is 42.9 Å². The number of carboxylic acid groups (broad SMARTS) is 1. The van der Waals surface area contributed by atoms with Crippen molar-refractivity contribution in [3.05, 3.63) is 170 Å². The van der Waals surface area contributed by atoms with Crippen molar-refractivity contribution in [2.75, 3.05) is 47.5 Å². The Labute approximate surface area is 558 Å². The van der Waals surface area contributed by atoms with Gasteiger partial charge in [0.05, 0.1) is 40.3 Å². The van der Waals surface area contributed by atoms with Crippen molar-refractivity contribution in [1.29, 1.82) is 0 Å². The Hall–Kier alpha value is -5.35. The minimum atomic E-state index is -1.63. The number of rotatable bonds is 65. The highest BCUT2D eigenvalue weighted by atomic mass is 16.7. The van der Waals surface area contributed by atoms with Gasteiger partial charge in [-0.3, -0.25) is 9.59 Å². The monoisotopic (exact) mass is 1260 g/mol. The Morgan fingerprint density at radius 2 is 0.593 bits per heavy atom. The first-order chi connectivity index (χ1) is 44.6. The van der Waals surface area contributed by atoms with Crippen molar-refractivity contribution in [3.63, 3.8) is 0 Å². The fraction of sp³-hybridized carbons (Fsp3) is 0.622. The zero-order chi connectivity index (χ0) is 66.1. The number of hydrogen-bond donors (Lipinski definition) is 0. The number of aliphatic carboxylic acids is 1. The first-order valence-corrected chi connectivity index (χ1v) is 36.3. The minimum Gasteiger partial charge on any atom is -0.545 e. The molecule has 0 aromatic rings. The fourth-order valence-corrected chi connectivity index (χ4v) is 9.50. The fourth-order valence-electron chi connectivity index (χ4n) is 9.50. The van der Waals surface area contributed by atoms with Crippen LogP contribution >= 0.6 is 0 Å². The number of hydrogen-bond acceptors (Lipinski definition) is 8. The van der Waals surface area contributed by atoms with Crippen LogP contribution in [-0.4, -0.2) is 82.3 Å². The van der Waals surface area contributed by atoms with E-state index < -0.39 is 24.3 Å². The van der Waals surface area contributed by atoms with E-state index in [1.54, 1.807) is 0 Å². The quantitative estimate of drug-likeness (QED) is 0.0195. The summed E-state index contributed by atoms with van der Waals surface area (Å²) in [6.45, 7) is 4.51. The molecule has 91 heavy (non-hydrogen) atoms. The predicted octanol–water partition coefficient (Wildman–Crippen LogP) is 21.7. The van der Waals surface area contributed by atoms with E-state index in [9.17, 15) is 19.5 Å². The van der Waals surface area contributed by atoms with Gasteiger partial charge in [-0.05, 0) is 128 Å². The number of ether oxygens (including phenoxy) is 4. The summed E-state index contributed by atoms with van der Waals surface area (Å²) in [6, 6.07) is 0. The number of carbonyl (C=O) groups excluding carboxylic acids is 3. The molecular formula is C82H133NO8. The molecule has 0 radical (unpaired) electrons. The zero-order valence-electron chi connectivity index (χ0n) is 58.6. The molecule has 9 nitrogen and oxygen atoms in total. The Kier molecular flexibility index (Phi) is 66.4. The molecule has 0 spiro atoms. The Bertz CT molecular complexity index is 2100. The summed E-state index contributed by atoms with van der Waals surface area (Å²) in [4.78, 5) is 37.5. The maximum atomic E-state index is 13.0. The highest BCUT2D eigenvalue weighted by Gasteiger charge is 2.22. The summed E-state index contributed by atoms with van der Waals surface area (Å²) in [5.41, 5.74) is 0. The standard InChI is InChI=1S/C82H133NO8/c1-6-8-10-12-14-16-18-20-22-24-26-28-30-32-34-36-38-39-40-41-43-45-47-49-51-53-55-57-59-61-63-65-67-69-71-73-80(85)91-78(77-90-82(81(86)87)88-75-74-83(3,4)5)76-89-79(84)72-70-68-66-64-62-60-58-56-54-52-50-48-46-44-42-37-35-33-31-29-27-25-23-21-19-17-15-13-11-9-7-2/h8-11,14-17,20-23,26-29,32-35,38-39,41-44,47,49,78,82H,6-7,12-13,18-19,24-25,30-31,36-37,40,45-46,48,50-77H2,1-5H3/b10-8-,11-9-,16-14-,17-15-,22-20-,23-21-,28-26-,29-27-,34-32-,35-33-,39-38-,43-41-,44-42-,49-47-. The molecule has 0 amide bonds. The summed E-state index contributed by atoms with van der Waals surface area (Å²) < 4.78 is 22.8. The average molecular weight is 1260 g/mol. The van der Waals surface area contributed by atoms with Crippen LogP contribution in [0, 0.1) is 0 Å². The summed E-state index contributed by atoms with van der Waals surface area (Å²) in [6.07, 6.45) is 103. The van der Waals surface area contributed by atoms with Crippen molar-refractivity contribution in [3.8, 4) is 0 Å². The van der Waals surface area contributed by atoms with Crippen LogP contribution in [0.1, 0.15) is 271 Å². The molecule has 9 heteroatoms. The molecule has 0 aliphatic heterocycles. The number of likely N-dealkylation sites (N-methyl/N-ethyl adjacent to an activating group) is 1. The lowest BCUT2D eigenvalue weighted by Gasteiger charge is -2.26. The third-order valence-corrected chi connectivity index (χ3v) is 15.0. The van der Waals surface area contributed by atoms with E-state index in [0.29, 0.717) is 17.4 Å². The summed E-state index contributed by atoms with van der Waals surface area (Å²) in [5, 5.41) is 11.8. The van der Waals surface area contributed by atoms with E-state index >= 15 is 0 Å². The van der Waals surface area contributed by atoms with Gasteiger partial charge < -0.3 is 33.3 Å². The summed E-state index contributed by atoms with van der Waals surface area (Å²) in [7, 11) is 5.92. The van der Waals surface area contributed by atoms with Gasteiger partial charge in [0.25, 0.3) is 0 Å². The van der Waals surface area contributed by atoms with Crippen LogP contribution in [-0.2, 0) is 33.3 Å². The van der Waals surface area contributed by atoms with Crippen molar-refractivity contribution in [2.24, 2.45) is 0 Å². The molecule has 0 N–H and O–H groups in total. The molecule has 0 rings (SSSR count). The first-order valence-electron chi connectivity index (χ1n) is 36.3. The summed E-state index contributed by atoms with van der Waals surface area (Å²) in [5.74, 6) is -2.30. The van der Waals surface area contributed by atoms with Gasteiger partial charge >= 0.3 is 11.9 Å². The lowest BCUT2D eigenvalue weighted by Crippen LogP contribution is -2.44. The molecule has 0 bridgehead atoms. The van der Waals surface area contributed by atoms with Crippen LogP contribution in [0.25, 0.3) is 0 Å². The maximum Gasteiger partial charge on any atom is 0.306 e. The molecule has 0 saturated carbocycles. The number of unbranched alkanes of at least 4 members (excludes halogenated alkanes) is 22. The molecule has 0 aliphatic carbocycles. The van der Waals surface area contributed by atoms with Crippen LogP contribution in [0.15, 0.2) is 170 Å². The number of nitrogens with zero attached hydrogens (tertiary/aromatic N) is 1. The van der Waals surface area contributed by atoms with Crippen molar-refractivity contribution in [1.82, 2.24) is 0 Å². The van der Waals surface area contributed by atoms with E-state index in [4.69, 9.17) is 18.9 Å². The van der Waals surface area contributed by atoms with Gasteiger partial charge in [-0.25, -0.2) is 0 Å². The predicted molar refractivity (Wildman–Crippen MR) is 388 cm³/mol.